The Bertz CT molecular complexity index is 1400. The van der Waals surface area contributed by atoms with E-state index in [9.17, 15) is 14.4 Å². The van der Waals surface area contributed by atoms with Gasteiger partial charge in [0.2, 0.25) is 0 Å². The van der Waals surface area contributed by atoms with Crippen LogP contribution in [0.5, 0.6) is 0 Å². The number of esters is 3. The molecule has 0 spiro atoms. The summed E-state index contributed by atoms with van der Waals surface area (Å²) in [5.74, 6) is -0.997. The minimum atomic E-state index is -0.813. The van der Waals surface area contributed by atoms with Crippen molar-refractivity contribution in [1.29, 1.82) is 0 Å². The first-order valence-corrected chi connectivity index (χ1v) is 29.3. The van der Waals surface area contributed by atoms with Gasteiger partial charge in [0, 0.05) is 19.3 Å². The molecule has 0 aromatic carbocycles. The first kappa shape index (κ1) is 66.3. The number of rotatable bonds is 52. The van der Waals surface area contributed by atoms with Crippen LogP contribution in [-0.4, -0.2) is 37.2 Å². The van der Waals surface area contributed by atoms with E-state index in [2.05, 4.69) is 112 Å². The third-order valence-electron chi connectivity index (χ3n) is 12.4. The van der Waals surface area contributed by atoms with E-state index in [1.165, 1.54) is 141 Å². The van der Waals surface area contributed by atoms with Gasteiger partial charge in [-0.25, -0.2) is 0 Å². The second-order valence-corrected chi connectivity index (χ2v) is 19.2. The van der Waals surface area contributed by atoms with Gasteiger partial charge in [0.25, 0.3) is 0 Å². The molecule has 1 atom stereocenters. The minimum absolute atomic E-state index is 0.106. The maximum absolute atomic E-state index is 12.9. The van der Waals surface area contributed by atoms with E-state index in [-0.39, 0.29) is 37.5 Å². The Balaban J connectivity index is 4.50. The summed E-state index contributed by atoms with van der Waals surface area (Å²) in [6.07, 6.45) is 76.9. The molecule has 400 valence electrons. The van der Waals surface area contributed by atoms with Gasteiger partial charge < -0.3 is 14.2 Å². The van der Waals surface area contributed by atoms with Crippen LogP contribution in [0.25, 0.3) is 0 Å². The summed E-state index contributed by atoms with van der Waals surface area (Å²) in [6.45, 7) is 6.44. The molecule has 0 aliphatic heterocycles. The molecule has 0 heterocycles. The number of hydrogen-bond acceptors (Lipinski definition) is 6. The van der Waals surface area contributed by atoms with Crippen LogP contribution in [0.1, 0.15) is 271 Å². The summed E-state index contributed by atoms with van der Waals surface area (Å²) in [6, 6.07) is 0. The number of carbonyl (C=O) groups excluding carboxylic acids is 3. The van der Waals surface area contributed by atoms with Crippen molar-refractivity contribution < 1.29 is 28.6 Å². The summed E-state index contributed by atoms with van der Waals surface area (Å²) in [7, 11) is 0. The smallest absolute Gasteiger partial charge is 0.306 e. The van der Waals surface area contributed by atoms with Gasteiger partial charge in [0.1, 0.15) is 13.2 Å². The monoisotopic (exact) mass is 973 g/mol. The number of carbonyl (C=O) groups is 3. The van der Waals surface area contributed by atoms with Gasteiger partial charge in [0.15, 0.2) is 6.10 Å². The molecule has 0 aliphatic rings. The molecule has 1 unspecified atom stereocenters. The average Bonchev–Trinajstić information content (AvgIpc) is 3.36. The van der Waals surface area contributed by atoms with E-state index in [1.807, 2.05) is 6.08 Å². The highest BCUT2D eigenvalue weighted by molar-refractivity contribution is 5.71. The molecular formula is C64H108O6. The normalized spacial score (nSPS) is 12.8. The topological polar surface area (TPSA) is 78.9 Å². The van der Waals surface area contributed by atoms with Crippen molar-refractivity contribution >= 4 is 17.9 Å². The minimum Gasteiger partial charge on any atom is -0.462 e. The summed E-state index contributed by atoms with van der Waals surface area (Å²) in [5.41, 5.74) is 0. The van der Waals surface area contributed by atoms with Crippen molar-refractivity contribution in [3.8, 4) is 0 Å². The highest BCUT2D eigenvalue weighted by atomic mass is 16.6. The van der Waals surface area contributed by atoms with Crippen LogP contribution >= 0.6 is 0 Å². The van der Waals surface area contributed by atoms with E-state index in [0.29, 0.717) is 19.3 Å². The molecule has 6 heteroatoms. The van der Waals surface area contributed by atoms with Crippen LogP contribution in [-0.2, 0) is 28.6 Å². The largest absolute Gasteiger partial charge is 0.462 e. The number of ether oxygens (including phenoxy) is 3. The Morgan fingerprint density at radius 1 is 0.314 bits per heavy atom. The molecule has 0 radical (unpaired) electrons. The quantitative estimate of drug-likeness (QED) is 0.0199. The Morgan fingerprint density at radius 2 is 0.629 bits per heavy atom. The molecule has 0 bridgehead atoms. The van der Waals surface area contributed by atoms with Crippen molar-refractivity contribution in [2.75, 3.05) is 13.2 Å². The van der Waals surface area contributed by atoms with E-state index >= 15 is 0 Å². The van der Waals surface area contributed by atoms with Crippen molar-refractivity contribution in [1.82, 2.24) is 0 Å². The van der Waals surface area contributed by atoms with Crippen LogP contribution in [0, 0.1) is 0 Å². The summed E-state index contributed by atoms with van der Waals surface area (Å²) in [5, 5.41) is 0. The molecule has 0 fully saturated rings. The number of hydrogen-bond donors (Lipinski definition) is 0. The van der Waals surface area contributed by atoms with Crippen molar-refractivity contribution in [3.63, 3.8) is 0 Å². The SMILES string of the molecule is CC/C=C\C/C=C\C/C=C\C/C=C\C/C=C\C/C=C\CCC(=O)OCC(COC(=O)CCCCCCCC/C=C\C=C/CCCCC)OC(=O)CCCCCCCCCCCCCCCCCCCC. The van der Waals surface area contributed by atoms with Gasteiger partial charge in [-0.05, 0) is 83.5 Å². The molecule has 0 amide bonds. The van der Waals surface area contributed by atoms with Crippen molar-refractivity contribution in [3.05, 3.63) is 97.2 Å². The first-order valence-electron chi connectivity index (χ1n) is 29.3. The molecule has 0 aliphatic carbocycles. The lowest BCUT2D eigenvalue weighted by molar-refractivity contribution is -0.166. The van der Waals surface area contributed by atoms with Crippen molar-refractivity contribution in [2.24, 2.45) is 0 Å². The summed E-state index contributed by atoms with van der Waals surface area (Å²) < 4.78 is 16.8. The summed E-state index contributed by atoms with van der Waals surface area (Å²) >= 11 is 0. The number of unbranched alkanes of at least 4 members (excludes halogenated alkanes) is 26. The fraction of sp³-hybridized carbons (Fsp3) is 0.703. The Morgan fingerprint density at radius 3 is 1.04 bits per heavy atom. The van der Waals surface area contributed by atoms with Gasteiger partial charge in [-0.3, -0.25) is 14.4 Å². The standard InChI is InChI=1S/C64H108O6/c1-4-7-10-13-16-19-22-25-28-30-32-34-36-39-42-45-48-51-54-57-63(66)69-60-61(59-68-62(65)56-53-50-47-44-41-38-35-27-24-21-18-15-12-9-6-3)70-64(67)58-55-52-49-46-43-40-37-33-31-29-26-23-20-17-14-11-8-5-2/h7,10,16,18-19,21,24-25,27-28,32,34,39,42,48,51,61H,4-6,8-9,11-15,17,20,22-23,26,29-31,33,35-38,40-41,43-47,49-50,52-60H2,1-3H3/b10-7-,19-16-,21-18-,27-24-,28-25-,34-32-,42-39-,51-48-. The van der Waals surface area contributed by atoms with Crippen LogP contribution in [0.3, 0.4) is 0 Å². The Labute approximate surface area is 432 Å². The molecule has 6 nitrogen and oxygen atoms in total. The molecule has 0 aromatic rings. The average molecular weight is 974 g/mol. The van der Waals surface area contributed by atoms with Gasteiger partial charge in [-0.15, -0.1) is 0 Å². The molecule has 0 rings (SSSR count). The van der Waals surface area contributed by atoms with Gasteiger partial charge in [-0.1, -0.05) is 266 Å². The highest BCUT2D eigenvalue weighted by Crippen LogP contribution is 2.16. The van der Waals surface area contributed by atoms with Crippen molar-refractivity contribution in [2.45, 2.75) is 277 Å². The zero-order valence-corrected chi connectivity index (χ0v) is 45.8. The zero-order chi connectivity index (χ0) is 50.7. The van der Waals surface area contributed by atoms with Crippen LogP contribution < -0.4 is 0 Å². The van der Waals surface area contributed by atoms with E-state index in [4.69, 9.17) is 14.2 Å². The van der Waals surface area contributed by atoms with Gasteiger partial charge in [0.05, 0.1) is 0 Å². The van der Waals surface area contributed by atoms with Gasteiger partial charge in [-0.2, -0.15) is 0 Å². The molecule has 0 aromatic heterocycles. The van der Waals surface area contributed by atoms with Crippen LogP contribution in [0.15, 0.2) is 97.2 Å². The second kappa shape index (κ2) is 57.9. The van der Waals surface area contributed by atoms with E-state index < -0.39 is 6.10 Å². The lowest BCUT2D eigenvalue weighted by Gasteiger charge is -2.18. The van der Waals surface area contributed by atoms with Crippen LogP contribution in [0.4, 0.5) is 0 Å². The first-order chi connectivity index (χ1) is 34.5. The molecular weight excluding hydrogens is 865 g/mol. The maximum atomic E-state index is 12.9. The molecule has 0 saturated carbocycles. The fourth-order valence-corrected chi connectivity index (χ4v) is 7.99. The summed E-state index contributed by atoms with van der Waals surface area (Å²) in [4.78, 5) is 38.2. The fourth-order valence-electron chi connectivity index (χ4n) is 7.99. The van der Waals surface area contributed by atoms with Gasteiger partial charge >= 0.3 is 17.9 Å². The predicted molar refractivity (Wildman–Crippen MR) is 302 cm³/mol. The molecule has 0 saturated heterocycles. The Kier molecular flexibility index (Phi) is 54.9. The third-order valence-corrected chi connectivity index (χ3v) is 12.4. The second-order valence-electron chi connectivity index (χ2n) is 19.2. The number of allylic oxidation sites excluding steroid dienone is 16. The lowest BCUT2D eigenvalue weighted by atomic mass is 10.0. The molecule has 0 N–H and O–H groups in total. The zero-order valence-electron chi connectivity index (χ0n) is 45.8. The van der Waals surface area contributed by atoms with Crippen LogP contribution in [0.2, 0.25) is 0 Å². The third kappa shape index (κ3) is 55.3. The van der Waals surface area contributed by atoms with E-state index in [1.54, 1.807) is 0 Å². The maximum Gasteiger partial charge on any atom is 0.306 e. The highest BCUT2D eigenvalue weighted by Gasteiger charge is 2.19. The lowest BCUT2D eigenvalue weighted by Crippen LogP contribution is -2.30. The molecule has 70 heavy (non-hydrogen) atoms. The predicted octanol–water partition coefficient (Wildman–Crippen LogP) is 19.7. The van der Waals surface area contributed by atoms with E-state index in [0.717, 1.165) is 83.5 Å². The Hall–Kier alpha value is -3.67.